The molecule has 3 rings (SSSR count). The Morgan fingerprint density at radius 1 is 1.61 bits per heavy atom. The van der Waals surface area contributed by atoms with Gasteiger partial charge < -0.3 is 15.1 Å². The van der Waals surface area contributed by atoms with Gasteiger partial charge in [0, 0.05) is 30.6 Å². The summed E-state index contributed by atoms with van der Waals surface area (Å²) < 4.78 is 1.94. The van der Waals surface area contributed by atoms with Gasteiger partial charge in [-0.15, -0.1) is 11.3 Å². The lowest BCUT2D eigenvalue weighted by Gasteiger charge is -2.18. The zero-order valence-electron chi connectivity index (χ0n) is 10.3. The van der Waals surface area contributed by atoms with Crippen molar-refractivity contribution in [3.63, 3.8) is 0 Å². The first-order valence-corrected chi connectivity index (χ1v) is 7.07. The van der Waals surface area contributed by atoms with Gasteiger partial charge in [-0.05, 0) is 13.3 Å². The Labute approximate surface area is 109 Å². The summed E-state index contributed by atoms with van der Waals surface area (Å²) in [4.78, 5) is 7.67. The number of aliphatic hydroxyl groups excluding tert-OH is 2. The van der Waals surface area contributed by atoms with Crippen LogP contribution in [0.25, 0.3) is 4.96 Å². The van der Waals surface area contributed by atoms with Crippen molar-refractivity contribution in [2.45, 2.75) is 26.1 Å². The summed E-state index contributed by atoms with van der Waals surface area (Å²) in [6.07, 6.45) is 2.63. The summed E-state index contributed by atoms with van der Waals surface area (Å²) >= 11 is 1.57. The maximum Gasteiger partial charge on any atom is 0.195 e. The van der Waals surface area contributed by atoms with Crippen LogP contribution >= 0.6 is 11.3 Å². The van der Waals surface area contributed by atoms with Crippen LogP contribution in [0.1, 0.15) is 19.0 Å². The molecule has 0 amide bonds. The molecule has 3 heterocycles. The lowest BCUT2D eigenvalue weighted by molar-refractivity contribution is 0.136. The molecule has 0 saturated carbocycles. The summed E-state index contributed by atoms with van der Waals surface area (Å²) in [6.45, 7) is 3.54. The Kier molecular flexibility index (Phi) is 3.01. The number of thiazole rings is 1. The van der Waals surface area contributed by atoms with Gasteiger partial charge in [0.25, 0.3) is 0 Å². The van der Waals surface area contributed by atoms with Crippen LogP contribution in [0.5, 0.6) is 0 Å². The van der Waals surface area contributed by atoms with Crippen LogP contribution in [0, 0.1) is 5.92 Å². The molecule has 6 heteroatoms. The van der Waals surface area contributed by atoms with Gasteiger partial charge >= 0.3 is 0 Å². The quantitative estimate of drug-likeness (QED) is 0.874. The molecule has 98 valence electrons. The van der Waals surface area contributed by atoms with E-state index in [-0.39, 0.29) is 12.7 Å². The highest BCUT2D eigenvalue weighted by molar-refractivity contribution is 7.15. The van der Waals surface area contributed by atoms with Crippen molar-refractivity contribution in [3.8, 4) is 0 Å². The van der Waals surface area contributed by atoms with E-state index in [4.69, 9.17) is 0 Å². The number of nitrogens with zero attached hydrogens (tertiary/aromatic N) is 3. The lowest BCUT2D eigenvalue weighted by atomic mass is 10.0. The SMILES string of the molecule is CC(O)C1CCN(c2nc3sccn3c2CO)C1. The second-order valence-corrected chi connectivity index (χ2v) is 5.70. The normalized spacial score (nSPS) is 21.9. The monoisotopic (exact) mass is 267 g/mol. The third-order valence-corrected chi connectivity index (χ3v) is 4.45. The van der Waals surface area contributed by atoms with Crippen LogP contribution in [0.15, 0.2) is 11.6 Å². The molecule has 2 unspecified atom stereocenters. The largest absolute Gasteiger partial charge is 0.393 e. The molecule has 2 N–H and O–H groups in total. The number of hydrogen-bond acceptors (Lipinski definition) is 5. The van der Waals surface area contributed by atoms with E-state index in [1.54, 1.807) is 11.3 Å². The Balaban J connectivity index is 1.92. The Bertz CT molecular complexity index is 549. The average Bonchev–Trinajstić information content (AvgIpc) is 3.02. The highest BCUT2D eigenvalue weighted by atomic mass is 32.1. The minimum absolute atomic E-state index is 0.0108. The molecule has 1 fully saturated rings. The van der Waals surface area contributed by atoms with Crippen molar-refractivity contribution < 1.29 is 10.2 Å². The van der Waals surface area contributed by atoms with E-state index in [1.165, 1.54) is 0 Å². The number of fused-ring (bicyclic) bond motifs is 1. The third kappa shape index (κ3) is 1.81. The van der Waals surface area contributed by atoms with Crippen molar-refractivity contribution in [1.82, 2.24) is 9.38 Å². The summed E-state index contributed by atoms with van der Waals surface area (Å²) in [7, 11) is 0. The van der Waals surface area contributed by atoms with Gasteiger partial charge in [0.15, 0.2) is 10.8 Å². The van der Waals surface area contributed by atoms with E-state index in [2.05, 4.69) is 9.88 Å². The van der Waals surface area contributed by atoms with Crippen LogP contribution in [0.4, 0.5) is 5.82 Å². The molecule has 1 aliphatic rings. The fraction of sp³-hybridized carbons (Fsp3) is 0.583. The number of imidazole rings is 1. The third-order valence-electron chi connectivity index (χ3n) is 3.70. The molecule has 0 spiro atoms. The summed E-state index contributed by atoms with van der Waals surface area (Å²) in [5.74, 6) is 1.17. The molecule has 0 aromatic carbocycles. The molecule has 1 aliphatic heterocycles. The van der Waals surface area contributed by atoms with Crippen molar-refractivity contribution in [3.05, 3.63) is 17.3 Å². The highest BCUT2D eigenvalue weighted by Gasteiger charge is 2.29. The topological polar surface area (TPSA) is 61.0 Å². The molecule has 2 atom stereocenters. The predicted octanol–water partition coefficient (Wildman–Crippen LogP) is 1.10. The van der Waals surface area contributed by atoms with E-state index in [1.807, 2.05) is 22.9 Å². The summed E-state index contributed by atoms with van der Waals surface area (Å²) in [6, 6.07) is 0. The number of hydrogen-bond donors (Lipinski definition) is 2. The molecule has 2 aromatic heterocycles. The molecule has 18 heavy (non-hydrogen) atoms. The van der Waals surface area contributed by atoms with Crippen LogP contribution in [-0.2, 0) is 6.61 Å². The lowest BCUT2D eigenvalue weighted by Crippen LogP contribution is -2.25. The maximum atomic E-state index is 9.64. The predicted molar refractivity (Wildman–Crippen MR) is 71.0 cm³/mol. The summed E-state index contributed by atoms with van der Waals surface area (Å²) in [5, 5.41) is 21.1. The first-order chi connectivity index (χ1) is 8.70. The van der Waals surface area contributed by atoms with E-state index in [0.717, 1.165) is 36.0 Å². The molecule has 0 bridgehead atoms. The van der Waals surface area contributed by atoms with Gasteiger partial charge in [0.1, 0.15) is 0 Å². The van der Waals surface area contributed by atoms with Crippen molar-refractivity contribution in [2.75, 3.05) is 18.0 Å². The number of aliphatic hydroxyl groups is 2. The maximum absolute atomic E-state index is 9.64. The molecule has 0 radical (unpaired) electrons. The Morgan fingerprint density at radius 3 is 3.11 bits per heavy atom. The smallest absolute Gasteiger partial charge is 0.195 e. The van der Waals surface area contributed by atoms with Crippen LogP contribution < -0.4 is 4.90 Å². The molecular formula is C12H17N3O2S. The standard InChI is InChI=1S/C12H17N3O2S/c1-8(17)9-2-3-14(6-9)11-10(7-16)15-4-5-18-12(15)13-11/h4-5,8-9,16-17H,2-3,6-7H2,1H3. The molecule has 5 nitrogen and oxygen atoms in total. The second kappa shape index (κ2) is 4.53. The first-order valence-electron chi connectivity index (χ1n) is 6.19. The summed E-state index contributed by atoms with van der Waals surface area (Å²) in [5.41, 5.74) is 0.845. The van der Waals surface area contributed by atoms with Crippen LogP contribution in [0.2, 0.25) is 0 Å². The fourth-order valence-corrected chi connectivity index (χ4v) is 3.32. The van der Waals surface area contributed by atoms with Gasteiger partial charge in [0.2, 0.25) is 0 Å². The van der Waals surface area contributed by atoms with E-state index < -0.39 is 0 Å². The van der Waals surface area contributed by atoms with Gasteiger partial charge in [-0.2, -0.15) is 0 Å². The van der Waals surface area contributed by atoms with E-state index in [0.29, 0.717) is 5.92 Å². The fourth-order valence-electron chi connectivity index (χ4n) is 2.59. The molecule has 2 aromatic rings. The molecule has 0 aliphatic carbocycles. The second-order valence-electron chi connectivity index (χ2n) is 4.83. The van der Waals surface area contributed by atoms with Crippen molar-refractivity contribution in [2.24, 2.45) is 5.92 Å². The van der Waals surface area contributed by atoms with Crippen LogP contribution in [0.3, 0.4) is 0 Å². The molecular weight excluding hydrogens is 250 g/mol. The molecule has 1 saturated heterocycles. The zero-order chi connectivity index (χ0) is 12.7. The average molecular weight is 267 g/mol. The van der Waals surface area contributed by atoms with Gasteiger partial charge in [0.05, 0.1) is 18.4 Å². The van der Waals surface area contributed by atoms with Gasteiger partial charge in [-0.3, -0.25) is 4.40 Å². The Morgan fingerprint density at radius 2 is 2.44 bits per heavy atom. The number of rotatable bonds is 3. The van der Waals surface area contributed by atoms with E-state index >= 15 is 0 Å². The highest BCUT2D eigenvalue weighted by Crippen LogP contribution is 2.30. The van der Waals surface area contributed by atoms with Crippen molar-refractivity contribution in [1.29, 1.82) is 0 Å². The minimum atomic E-state index is -0.281. The number of aromatic nitrogens is 2. The first kappa shape index (κ1) is 12.0. The minimum Gasteiger partial charge on any atom is -0.393 e. The van der Waals surface area contributed by atoms with Crippen LogP contribution in [-0.4, -0.2) is 38.8 Å². The van der Waals surface area contributed by atoms with Gasteiger partial charge in [-0.25, -0.2) is 4.98 Å². The van der Waals surface area contributed by atoms with Gasteiger partial charge in [-0.1, -0.05) is 0 Å². The van der Waals surface area contributed by atoms with Crippen molar-refractivity contribution >= 4 is 22.1 Å². The van der Waals surface area contributed by atoms with E-state index in [9.17, 15) is 10.2 Å². The zero-order valence-corrected chi connectivity index (χ0v) is 11.1. The Hall–Kier alpha value is -1.11. The number of anilines is 1.